The van der Waals surface area contributed by atoms with Gasteiger partial charge in [-0.05, 0) is 31.7 Å². The fourth-order valence-electron chi connectivity index (χ4n) is 3.76. The lowest BCUT2D eigenvalue weighted by Gasteiger charge is -2.32. The molecule has 0 N–H and O–H groups in total. The Morgan fingerprint density at radius 1 is 1.17 bits per heavy atom. The Hall–Kier alpha value is -2.98. The molecule has 1 aliphatic heterocycles. The van der Waals surface area contributed by atoms with Gasteiger partial charge >= 0.3 is 6.18 Å². The molecule has 5 rings (SSSR count). The van der Waals surface area contributed by atoms with Crippen LogP contribution in [-0.4, -0.2) is 48.6 Å². The summed E-state index contributed by atoms with van der Waals surface area (Å²) in [7, 11) is 0. The van der Waals surface area contributed by atoms with E-state index in [9.17, 15) is 18.0 Å². The molecule has 1 saturated carbocycles. The standard InChI is InChI=1S/C18H17F3N6O2/c19-18(20,21)15-7-12(24-17-22-9-23-27(15)17)11-2-1-5-26(8-11)16(28)13-6-14(29-25-13)10-3-4-10/h6-7,9-11H,1-5,8H2. The summed E-state index contributed by atoms with van der Waals surface area (Å²) in [5, 5.41) is 7.49. The van der Waals surface area contributed by atoms with Crippen molar-refractivity contribution in [2.24, 2.45) is 0 Å². The molecule has 8 nitrogen and oxygen atoms in total. The molecule has 1 atom stereocenters. The average Bonchev–Trinajstić information content (AvgIpc) is 3.24. The summed E-state index contributed by atoms with van der Waals surface area (Å²) < 4.78 is 46.3. The van der Waals surface area contributed by atoms with Gasteiger partial charge in [0.15, 0.2) is 11.4 Å². The fourth-order valence-corrected chi connectivity index (χ4v) is 3.76. The minimum absolute atomic E-state index is 0.108. The number of carbonyl (C=O) groups is 1. The Morgan fingerprint density at radius 3 is 2.76 bits per heavy atom. The molecule has 4 heterocycles. The van der Waals surface area contributed by atoms with Crippen molar-refractivity contribution in [2.75, 3.05) is 13.1 Å². The highest BCUT2D eigenvalue weighted by molar-refractivity contribution is 5.92. The molecule has 1 unspecified atom stereocenters. The second kappa shape index (κ2) is 6.53. The molecular formula is C18H17F3N6O2. The van der Waals surface area contributed by atoms with Gasteiger partial charge in [-0.25, -0.2) is 4.98 Å². The molecule has 152 valence electrons. The van der Waals surface area contributed by atoms with Crippen LogP contribution in [0.2, 0.25) is 0 Å². The lowest BCUT2D eigenvalue weighted by molar-refractivity contribution is -0.142. The molecule has 2 aliphatic rings. The zero-order chi connectivity index (χ0) is 20.2. The van der Waals surface area contributed by atoms with Gasteiger partial charge in [0.2, 0.25) is 0 Å². The van der Waals surface area contributed by atoms with Crippen LogP contribution < -0.4 is 0 Å². The third-order valence-electron chi connectivity index (χ3n) is 5.42. The van der Waals surface area contributed by atoms with E-state index in [1.807, 2.05) is 0 Å². The first-order valence-electron chi connectivity index (χ1n) is 9.44. The van der Waals surface area contributed by atoms with Crippen LogP contribution >= 0.6 is 0 Å². The van der Waals surface area contributed by atoms with Crippen LogP contribution in [0, 0.1) is 0 Å². The molecule has 3 aromatic rings. The number of aromatic nitrogens is 5. The Balaban J connectivity index is 1.41. The fraction of sp³-hybridized carbons (Fsp3) is 0.500. The maximum atomic E-state index is 13.4. The van der Waals surface area contributed by atoms with Crippen LogP contribution in [0.4, 0.5) is 13.2 Å². The number of nitrogens with zero attached hydrogens (tertiary/aromatic N) is 6. The van der Waals surface area contributed by atoms with Crippen LogP contribution in [0.15, 0.2) is 23.0 Å². The number of carbonyl (C=O) groups excluding carboxylic acids is 1. The zero-order valence-electron chi connectivity index (χ0n) is 15.3. The molecule has 1 aliphatic carbocycles. The van der Waals surface area contributed by atoms with E-state index in [-0.39, 0.29) is 35.5 Å². The van der Waals surface area contributed by atoms with Gasteiger partial charge < -0.3 is 9.42 Å². The number of halogens is 3. The molecule has 1 saturated heterocycles. The molecule has 29 heavy (non-hydrogen) atoms. The van der Waals surface area contributed by atoms with Gasteiger partial charge in [-0.1, -0.05) is 5.16 Å². The molecule has 3 aromatic heterocycles. The monoisotopic (exact) mass is 406 g/mol. The molecule has 0 bridgehead atoms. The maximum absolute atomic E-state index is 13.4. The maximum Gasteiger partial charge on any atom is 0.433 e. The Kier molecular flexibility index (Phi) is 4.07. The smallest absolute Gasteiger partial charge is 0.360 e. The summed E-state index contributed by atoms with van der Waals surface area (Å²) in [4.78, 5) is 22.5. The minimum atomic E-state index is -4.59. The van der Waals surface area contributed by atoms with E-state index in [2.05, 4.69) is 20.2 Å². The molecule has 0 aromatic carbocycles. The minimum Gasteiger partial charge on any atom is -0.360 e. The number of hydrogen-bond donors (Lipinski definition) is 0. The van der Waals surface area contributed by atoms with Gasteiger partial charge in [-0.15, -0.1) is 0 Å². The van der Waals surface area contributed by atoms with Crippen molar-refractivity contribution in [3.05, 3.63) is 41.3 Å². The van der Waals surface area contributed by atoms with Crippen molar-refractivity contribution in [3.63, 3.8) is 0 Å². The summed E-state index contributed by atoms with van der Waals surface area (Å²) in [5.41, 5.74) is -0.428. The highest BCUT2D eigenvalue weighted by Crippen LogP contribution is 2.40. The lowest BCUT2D eigenvalue weighted by Crippen LogP contribution is -2.39. The molecular weight excluding hydrogens is 389 g/mol. The summed E-state index contributed by atoms with van der Waals surface area (Å²) in [6, 6.07) is 2.67. The van der Waals surface area contributed by atoms with Crippen molar-refractivity contribution in [1.29, 1.82) is 0 Å². The predicted octanol–water partition coefficient (Wildman–Crippen LogP) is 3.03. The topological polar surface area (TPSA) is 89.4 Å². The van der Waals surface area contributed by atoms with Gasteiger partial charge in [-0.2, -0.15) is 27.8 Å². The number of rotatable bonds is 3. The highest BCUT2D eigenvalue weighted by Gasteiger charge is 2.37. The van der Waals surface area contributed by atoms with Crippen LogP contribution in [0.5, 0.6) is 0 Å². The second-order valence-corrected chi connectivity index (χ2v) is 7.51. The van der Waals surface area contributed by atoms with Gasteiger partial charge in [0.05, 0.1) is 5.69 Å². The predicted molar refractivity (Wildman–Crippen MR) is 92.1 cm³/mol. The highest BCUT2D eigenvalue weighted by atomic mass is 19.4. The quantitative estimate of drug-likeness (QED) is 0.664. The van der Waals surface area contributed by atoms with E-state index in [0.29, 0.717) is 29.8 Å². The SMILES string of the molecule is O=C(c1cc(C2CC2)on1)N1CCCC(c2cc(C(F)(F)F)n3ncnc3n2)C1. The number of likely N-dealkylation sites (tertiary alicyclic amines) is 1. The van der Waals surface area contributed by atoms with E-state index in [0.717, 1.165) is 31.0 Å². The van der Waals surface area contributed by atoms with Crippen molar-refractivity contribution >= 4 is 11.7 Å². The van der Waals surface area contributed by atoms with Gasteiger partial charge in [0, 0.05) is 31.0 Å². The zero-order valence-corrected chi connectivity index (χ0v) is 15.3. The van der Waals surface area contributed by atoms with Crippen molar-refractivity contribution in [1.82, 2.24) is 29.6 Å². The lowest BCUT2D eigenvalue weighted by atomic mass is 9.94. The van der Waals surface area contributed by atoms with Crippen LogP contribution in [0.3, 0.4) is 0 Å². The van der Waals surface area contributed by atoms with Crippen molar-refractivity contribution < 1.29 is 22.5 Å². The molecule has 11 heteroatoms. The van der Waals surface area contributed by atoms with Crippen molar-refractivity contribution in [2.45, 2.75) is 43.7 Å². The number of amides is 1. The Morgan fingerprint density at radius 2 is 2.00 bits per heavy atom. The van der Waals surface area contributed by atoms with E-state index < -0.39 is 11.9 Å². The third kappa shape index (κ3) is 3.34. The molecule has 2 fully saturated rings. The number of fused-ring (bicyclic) bond motifs is 1. The normalized spacial score (nSPS) is 20.4. The van der Waals surface area contributed by atoms with Crippen LogP contribution in [-0.2, 0) is 6.18 Å². The van der Waals surface area contributed by atoms with Gasteiger partial charge in [0.1, 0.15) is 12.1 Å². The second-order valence-electron chi connectivity index (χ2n) is 7.51. The van der Waals surface area contributed by atoms with Crippen LogP contribution in [0.1, 0.15) is 65.2 Å². The number of piperidine rings is 1. The van der Waals surface area contributed by atoms with E-state index in [1.54, 1.807) is 11.0 Å². The third-order valence-corrected chi connectivity index (χ3v) is 5.42. The first-order valence-corrected chi connectivity index (χ1v) is 9.44. The number of alkyl halides is 3. The van der Waals surface area contributed by atoms with E-state index >= 15 is 0 Å². The first-order chi connectivity index (χ1) is 13.9. The van der Waals surface area contributed by atoms with Crippen molar-refractivity contribution in [3.8, 4) is 0 Å². The molecule has 0 radical (unpaired) electrons. The molecule has 1 amide bonds. The van der Waals surface area contributed by atoms with Gasteiger partial charge in [-0.3, -0.25) is 4.79 Å². The number of hydrogen-bond acceptors (Lipinski definition) is 6. The summed E-state index contributed by atoms with van der Waals surface area (Å²) in [6.45, 7) is 0.777. The summed E-state index contributed by atoms with van der Waals surface area (Å²) in [5.74, 6) is 0.354. The Bertz CT molecular complexity index is 1070. The summed E-state index contributed by atoms with van der Waals surface area (Å²) >= 11 is 0. The first kappa shape index (κ1) is 18.1. The van der Waals surface area contributed by atoms with Gasteiger partial charge in [0.25, 0.3) is 11.7 Å². The average molecular weight is 406 g/mol. The van der Waals surface area contributed by atoms with Crippen LogP contribution in [0.25, 0.3) is 5.78 Å². The largest absolute Gasteiger partial charge is 0.433 e. The van der Waals surface area contributed by atoms with E-state index in [4.69, 9.17) is 4.52 Å². The summed E-state index contributed by atoms with van der Waals surface area (Å²) in [6.07, 6.45) is -0.192. The molecule has 0 spiro atoms. The Labute approximate surface area is 162 Å². The van der Waals surface area contributed by atoms with E-state index in [1.165, 1.54) is 0 Å².